The fraction of sp³-hybridized carbons (Fsp3) is 0.500. The van der Waals surface area contributed by atoms with Crippen molar-refractivity contribution in [2.45, 2.75) is 32.7 Å². The van der Waals surface area contributed by atoms with Gasteiger partial charge in [0.1, 0.15) is 5.75 Å². The lowest BCUT2D eigenvalue weighted by Gasteiger charge is -2.31. The van der Waals surface area contributed by atoms with Crippen LogP contribution in [0.2, 0.25) is 5.02 Å². The van der Waals surface area contributed by atoms with E-state index in [1.165, 1.54) is 7.11 Å². The number of rotatable bonds is 3. The molecule has 1 fully saturated rings. The highest BCUT2D eigenvalue weighted by atomic mass is 35.5. The molecule has 1 aromatic carbocycles. The molecule has 5 nitrogen and oxygen atoms in total. The Morgan fingerprint density at radius 1 is 1.41 bits per heavy atom. The molecule has 22 heavy (non-hydrogen) atoms. The van der Waals surface area contributed by atoms with Gasteiger partial charge in [0.25, 0.3) is 0 Å². The van der Waals surface area contributed by atoms with Gasteiger partial charge in [-0.15, -0.1) is 0 Å². The number of amides is 2. The summed E-state index contributed by atoms with van der Waals surface area (Å²) in [6.07, 6.45) is 0.228. The van der Waals surface area contributed by atoms with Crippen molar-refractivity contribution < 1.29 is 14.3 Å². The summed E-state index contributed by atoms with van der Waals surface area (Å²) in [6.45, 7) is 6.32. The number of carbonyl (C=O) groups excluding carboxylic acids is 2. The second-order valence-electron chi connectivity index (χ2n) is 6.41. The van der Waals surface area contributed by atoms with Crippen molar-refractivity contribution in [1.82, 2.24) is 4.90 Å². The molecule has 1 atom stereocenters. The Morgan fingerprint density at radius 2 is 2.09 bits per heavy atom. The van der Waals surface area contributed by atoms with E-state index >= 15 is 0 Å². The molecule has 0 radical (unpaired) electrons. The lowest BCUT2D eigenvalue weighted by Crippen LogP contribution is -2.42. The van der Waals surface area contributed by atoms with Gasteiger partial charge in [-0.2, -0.15) is 0 Å². The fourth-order valence-electron chi connectivity index (χ4n) is 2.54. The summed E-state index contributed by atoms with van der Waals surface area (Å²) in [7, 11) is 1.53. The van der Waals surface area contributed by atoms with Crippen LogP contribution in [0, 0.1) is 5.92 Å². The van der Waals surface area contributed by atoms with Gasteiger partial charge in [0.05, 0.1) is 18.7 Å². The third kappa shape index (κ3) is 3.53. The third-order valence-corrected chi connectivity index (χ3v) is 3.96. The van der Waals surface area contributed by atoms with Crippen molar-refractivity contribution >= 4 is 29.1 Å². The lowest BCUT2D eigenvalue weighted by molar-refractivity contribution is -0.131. The van der Waals surface area contributed by atoms with Crippen LogP contribution >= 0.6 is 11.6 Å². The van der Waals surface area contributed by atoms with Crippen molar-refractivity contribution in [2.24, 2.45) is 5.92 Å². The first-order chi connectivity index (χ1) is 10.2. The molecule has 0 aromatic heterocycles. The minimum atomic E-state index is -0.365. The number of benzene rings is 1. The molecule has 1 N–H and O–H groups in total. The molecule has 1 aliphatic rings. The topological polar surface area (TPSA) is 58.6 Å². The molecule has 2 rings (SSSR count). The van der Waals surface area contributed by atoms with Crippen molar-refractivity contribution in [1.29, 1.82) is 0 Å². The van der Waals surface area contributed by atoms with Crippen molar-refractivity contribution in [3.8, 4) is 5.75 Å². The first-order valence-corrected chi connectivity index (χ1v) is 7.55. The van der Waals surface area contributed by atoms with Crippen LogP contribution in [0.4, 0.5) is 5.69 Å². The molecule has 6 heteroatoms. The van der Waals surface area contributed by atoms with Crippen molar-refractivity contribution in [3.63, 3.8) is 0 Å². The SMILES string of the molecule is COc1ccc(Cl)cc1NC(=O)C1CC(=O)N(C(C)(C)C)C1. The zero-order valence-electron chi connectivity index (χ0n) is 13.3. The quantitative estimate of drug-likeness (QED) is 0.930. The van der Waals surface area contributed by atoms with Gasteiger partial charge in [-0.05, 0) is 39.0 Å². The zero-order chi connectivity index (χ0) is 16.5. The third-order valence-electron chi connectivity index (χ3n) is 3.72. The van der Waals surface area contributed by atoms with Gasteiger partial charge in [-0.3, -0.25) is 9.59 Å². The predicted molar refractivity (Wildman–Crippen MR) is 86.2 cm³/mol. The Morgan fingerprint density at radius 3 is 2.64 bits per heavy atom. The number of ether oxygens (including phenoxy) is 1. The number of halogens is 1. The normalized spacial score (nSPS) is 18.5. The second-order valence-corrected chi connectivity index (χ2v) is 6.85. The second kappa shape index (κ2) is 6.16. The Hall–Kier alpha value is -1.75. The number of carbonyl (C=O) groups is 2. The molecule has 0 spiro atoms. The lowest BCUT2D eigenvalue weighted by atomic mass is 10.1. The molecule has 2 amide bonds. The van der Waals surface area contributed by atoms with Gasteiger partial charge >= 0.3 is 0 Å². The maximum Gasteiger partial charge on any atom is 0.229 e. The zero-order valence-corrected chi connectivity index (χ0v) is 14.0. The van der Waals surface area contributed by atoms with E-state index in [0.717, 1.165) is 0 Å². The van der Waals surface area contributed by atoms with E-state index in [4.69, 9.17) is 16.3 Å². The molecule has 1 unspecified atom stereocenters. The van der Waals surface area contributed by atoms with Crippen LogP contribution in [-0.2, 0) is 9.59 Å². The standard InChI is InChI=1S/C16H21ClN2O3/c1-16(2,3)19-9-10(7-14(19)20)15(21)18-12-8-11(17)5-6-13(12)22-4/h5-6,8,10H,7,9H2,1-4H3,(H,18,21). The number of likely N-dealkylation sites (tertiary alicyclic amines) is 1. The Labute approximate surface area is 135 Å². The average molecular weight is 325 g/mol. The monoisotopic (exact) mass is 324 g/mol. The molecule has 0 saturated carbocycles. The van der Waals surface area contributed by atoms with E-state index in [-0.39, 0.29) is 29.7 Å². The van der Waals surface area contributed by atoms with E-state index in [2.05, 4.69) is 5.32 Å². The highest BCUT2D eigenvalue weighted by Gasteiger charge is 2.39. The Bertz CT molecular complexity index is 596. The van der Waals surface area contributed by atoms with E-state index in [1.54, 1.807) is 23.1 Å². The maximum atomic E-state index is 12.4. The summed E-state index contributed by atoms with van der Waals surface area (Å²) in [4.78, 5) is 26.2. The van der Waals surface area contributed by atoms with Gasteiger partial charge in [-0.25, -0.2) is 0 Å². The van der Waals surface area contributed by atoms with Crippen LogP contribution in [-0.4, -0.2) is 35.9 Å². The maximum absolute atomic E-state index is 12.4. The smallest absolute Gasteiger partial charge is 0.229 e. The van der Waals surface area contributed by atoms with Crippen molar-refractivity contribution in [2.75, 3.05) is 19.0 Å². The van der Waals surface area contributed by atoms with Crippen LogP contribution < -0.4 is 10.1 Å². The van der Waals surface area contributed by atoms with Gasteiger partial charge in [0, 0.05) is 23.5 Å². The summed E-state index contributed by atoms with van der Waals surface area (Å²) in [5.74, 6) is -0.0171. The fourth-order valence-corrected chi connectivity index (χ4v) is 2.72. The number of anilines is 1. The number of methoxy groups -OCH3 is 1. The molecule has 1 aliphatic heterocycles. The van der Waals surface area contributed by atoms with E-state index in [1.807, 2.05) is 20.8 Å². The molecule has 0 aliphatic carbocycles. The summed E-state index contributed by atoms with van der Waals surface area (Å²) < 4.78 is 5.21. The van der Waals surface area contributed by atoms with Gasteiger partial charge < -0.3 is 15.0 Å². The van der Waals surface area contributed by atoms with Crippen LogP contribution in [0.15, 0.2) is 18.2 Å². The predicted octanol–water partition coefficient (Wildman–Crippen LogP) is 2.93. The van der Waals surface area contributed by atoms with Crippen LogP contribution in [0.25, 0.3) is 0 Å². The molecular formula is C16H21ClN2O3. The largest absolute Gasteiger partial charge is 0.495 e. The molecule has 1 saturated heterocycles. The van der Waals surface area contributed by atoms with E-state index < -0.39 is 0 Å². The van der Waals surface area contributed by atoms with Gasteiger partial charge in [0.15, 0.2) is 0 Å². The summed E-state index contributed by atoms with van der Waals surface area (Å²) in [5, 5.41) is 3.32. The average Bonchev–Trinajstić information content (AvgIpc) is 2.81. The van der Waals surface area contributed by atoms with Crippen LogP contribution in [0.3, 0.4) is 0 Å². The van der Waals surface area contributed by atoms with E-state index in [0.29, 0.717) is 23.0 Å². The molecule has 1 heterocycles. The van der Waals surface area contributed by atoms with Crippen molar-refractivity contribution in [3.05, 3.63) is 23.2 Å². The number of nitrogens with one attached hydrogen (secondary N) is 1. The van der Waals surface area contributed by atoms with E-state index in [9.17, 15) is 9.59 Å². The minimum absolute atomic E-state index is 0.00529. The molecular weight excluding hydrogens is 304 g/mol. The first kappa shape index (κ1) is 16.6. The number of nitrogens with zero attached hydrogens (tertiary/aromatic N) is 1. The Kier molecular flexibility index (Phi) is 4.66. The highest BCUT2D eigenvalue weighted by molar-refractivity contribution is 6.31. The van der Waals surface area contributed by atoms with Crippen LogP contribution in [0.5, 0.6) is 5.75 Å². The molecule has 120 valence electrons. The first-order valence-electron chi connectivity index (χ1n) is 7.17. The highest BCUT2D eigenvalue weighted by Crippen LogP contribution is 2.30. The van der Waals surface area contributed by atoms with Crippen LogP contribution in [0.1, 0.15) is 27.2 Å². The van der Waals surface area contributed by atoms with Gasteiger partial charge in [0.2, 0.25) is 11.8 Å². The summed E-state index contributed by atoms with van der Waals surface area (Å²) in [5.41, 5.74) is 0.238. The summed E-state index contributed by atoms with van der Waals surface area (Å²) >= 11 is 5.95. The molecule has 1 aromatic rings. The van der Waals surface area contributed by atoms with Gasteiger partial charge in [-0.1, -0.05) is 11.6 Å². The number of hydrogen-bond donors (Lipinski definition) is 1. The molecule has 0 bridgehead atoms. The number of hydrogen-bond acceptors (Lipinski definition) is 3. The minimum Gasteiger partial charge on any atom is -0.495 e. The Balaban J connectivity index is 2.11. The summed E-state index contributed by atoms with van der Waals surface area (Å²) in [6, 6.07) is 5.02.